The number of ether oxygens (including phenoxy) is 2. The third kappa shape index (κ3) is 6.64. The number of thioether (sulfide) groups is 1. The van der Waals surface area contributed by atoms with E-state index in [-0.39, 0.29) is 17.6 Å². The molecule has 0 fully saturated rings. The smallest absolute Gasteiger partial charge is 0.264 e. The molecular formula is C21H25N7O3S. The molecule has 0 spiro atoms. The minimum atomic E-state index is -0.190. The topological polar surface area (TPSA) is 129 Å². The first-order valence-corrected chi connectivity index (χ1v) is 11.0. The Morgan fingerprint density at radius 1 is 1.06 bits per heavy atom. The van der Waals surface area contributed by atoms with Crippen LogP contribution in [0.5, 0.6) is 11.5 Å². The summed E-state index contributed by atoms with van der Waals surface area (Å²) in [7, 11) is 0. The zero-order valence-electron chi connectivity index (χ0n) is 17.8. The predicted octanol–water partition coefficient (Wildman–Crippen LogP) is 2.97. The lowest BCUT2D eigenvalue weighted by atomic mass is 10.2. The van der Waals surface area contributed by atoms with Crippen LogP contribution >= 0.6 is 11.8 Å². The number of hydrazone groups is 1. The number of carbonyl (C=O) groups is 1. The molecule has 0 saturated carbocycles. The zero-order chi connectivity index (χ0) is 22.8. The predicted molar refractivity (Wildman–Crippen MR) is 126 cm³/mol. The molecule has 0 aliphatic heterocycles. The molecule has 0 aliphatic rings. The number of nitrogens with two attached hydrogens (primary N) is 1. The van der Waals surface area contributed by atoms with Gasteiger partial charge in [0.25, 0.3) is 5.95 Å². The van der Waals surface area contributed by atoms with Crippen LogP contribution in [0.2, 0.25) is 0 Å². The van der Waals surface area contributed by atoms with Crippen molar-refractivity contribution in [2.45, 2.75) is 19.0 Å². The summed E-state index contributed by atoms with van der Waals surface area (Å²) in [5, 5.41) is 15.2. The van der Waals surface area contributed by atoms with Gasteiger partial charge in [-0.3, -0.25) is 4.79 Å². The van der Waals surface area contributed by atoms with Gasteiger partial charge < -0.3 is 20.6 Å². The Morgan fingerprint density at radius 2 is 1.69 bits per heavy atom. The van der Waals surface area contributed by atoms with Crippen LogP contribution in [-0.2, 0) is 4.79 Å². The van der Waals surface area contributed by atoms with Gasteiger partial charge in [-0.05, 0) is 67.9 Å². The van der Waals surface area contributed by atoms with E-state index in [4.69, 9.17) is 15.3 Å². The van der Waals surface area contributed by atoms with Gasteiger partial charge >= 0.3 is 0 Å². The second-order valence-corrected chi connectivity index (χ2v) is 7.28. The summed E-state index contributed by atoms with van der Waals surface area (Å²) in [6.07, 6.45) is 1.63. The van der Waals surface area contributed by atoms with Crippen LogP contribution in [0.4, 0.5) is 11.6 Å². The lowest BCUT2D eigenvalue weighted by Crippen LogP contribution is -2.16. The number of aromatic nitrogens is 3. The summed E-state index contributed by atoms with van der Waals surface area (Å²) in [5.41, 5.74) is 4.30. The van der Waals surface area contributed by atoms with Gasteiger partial charge in [0.1, 0.15) is 11.5 Å². The van der Waals surface area contributed by atoms with Crippen molar-refractivity contribution in [1.29, 1.82) is 0 Å². The average Bonchev–Trinajstić information content (AvgIpc) is 3.15. The van der Waals surface area contributed by atoms with Crippen LogP contribution in [0, 0.1) is 0 Å². The molecule has 168 valence electrons. The van der Waals surface area contributed by atoms with E-state index in [0.29, 0.717) is 24.1 Å². The molecule has 2 aromatic carbocycles. The molecule has 0 unspecified atom stereocenters. The molecule has 0 bridgehead atoms. The SMILES string of the molecule is CCOc1ccc(/C=N/Nc2nnc(SCC(=O)Nc3ccc(OCC)cc3)n2N)cc1. The Bertz CT molecular complexity index is 1040. The quantitative estimate of drug-likeness (QED) is 0.174. The van der Waals surface area contributed by atoms with Crippen LogP contribution < -0.4 is 26.1 Å². The molecule has 0 radical (unpaired) electrons. The van der Waals surface area contributed by atoms with Gasteiger partial charge in [0.2, 0.25) is 11.1 Å². The number of carbonyl (C=O) groups excluding carboxylic acids is 1. The molecular weight excluding hydrogens is 430 g/mol. The van der Waals surface area contributed by atoms with Gasteiger partial charge in [0.15, 0.2) is 0 Å². The van der Waals surface area contributed by atoms with Crippen LogP contribution in [0.3, 0.4) is 0 Å². The highest BCUT2D eigenvalue weighted by Gasteiger charge is 2.12. The second kappa shape index (κ2) is 11.6. The fraction of sp³-hybridized carbons (Fsp3) is 0.238. The molecule has 4 N–H and O–H groups in total. The Kier molecular flexibility index (Phi) is 8.32. The normalized spacial score (nSPS) is 10.8. The van der Waals surface area contributed by atoms with Gasteiger partial charge in [0.05, 0.1) is 25.2 Å². The first kappa shape index (κ1) is 22.9. The monoisotopic (exact) mass is 455 g/mol. The molecule has 0 saturated heterocycles. The van der Waals surface area contributed by atoms with E-state index < -0.39 is 0 Å². The van der Waals surface area contributed by atoms with Gasteiger partial charge in [-0.1, -0.05) is 11.8 Å². The fourth-order valence-electron chi connectivity index (χ4n) is 2.56. The van der Waals surface area contributed by atoms with Gasteiger partial charge in [0, 0.05) is 5.69 Å². The highest BCUT2D eigenvalue weighted by molar-refractivity contribution is 7.99. The molecule has 10 nitrogen and oxygen atoms in total. The Balaban J connectivity index is 1.48. The van der Waals surface area contributed by atoms with E-state index in [0.717, 1.165) is 28.8 Å². The summed E-state index contributed by atoms with van der Waals surface area (Å²) in [6.45, 7) is 5.05. The van der Waals surface area contributed by atoms with E-state index in [1.807, 2.05) is 38.1 Å². The summed E-state index contributed by atoms with van der Waals surface area (Å²) in [6, 6.07) is 14.7. The first-order valence-electron chi connectivity index (χ1n) is 9.97. The van der Waals surface area contributed by atoms with Crippen LogP contribution in [0.1, 0.15) is 19.4 Å². The van der Waals surface area contributed by atoms with Crippen molar-refractivity contribution in [3.05, 3.63) is 54.1 Å². The molecule has 3 rings (SSSR count). The third-order valence-electron chi connectivity index (χ3n) is 4.02. The van der Waals surface area contributed by atoms with Crippen molar-refractivity contribution in [3.63, 3.8) is 0 Å². The van der Waals surface area contributed by atoms with Gasteiger partial charge in [-0.25, -0.2) is 10.1 Å². The van der Waals surface area contributed by atoms with Crippen LogP contribution in [0.25, 0.3) is 0 Å². The van der Waals surface area contributed by atoms with Crippen LogP contribution in [-0.4, -0.2) is 46.0 Å². The Labute approximate surface area is 190 Å². The Hall–Kier alpha value is -3.73. The minimum Gasteiger partial charge on any atom is -0.494 e. The lowest BCUT2D eigenvalue weighted by molar-refractivity contribution is -0.113. The molecule has 1 heterocycles. The van der Waals surface area contributed by atoms with E-state index in [9.17, 15) is 4.79 Å². The maximum Gasteiger partial charge on any atom is 0.264 e. The molecule has 1 aromatic heterocycles. The molecule has 3 aromatic rings. The number of hydrogen-bond acceptors (Lipinski definition) is 9. The van der Waals surface area contributed by atoms with Crippen LogP contribution in [0.15, 0.2) is 58.8 Å². The summed E-state index contributed by atoms with van der Waals surface area (Å²) >= 11 is 1.16. The van der Waals surface area contributed by atoms with Crippen molar-refractivity contribution in [2.24, 2.45) is 5.10 Å². The van der Waals surface area contributed by atoms with E-state index in [2.05, 4.69) is 26.0 Å². The van der Waals surface area contributed by atoms with E-state index >= 15 is 0 Å². The average molecular weight is 456 g/mol. The fourth-order valence-corrected chi connectivity index (χ4v) is 3.22. The number of nitrogens with one attached hydrogen (secondary N) is 2. The summed E-state index contributed by atoms with van der Waals surface area (Å²) in [4.78, 5) is 12.2. The van der Waals surface area contributed by atoms with Crippen molar-refractivity contribution in [2.75, 3.05) is 35.6 Å². The number of nitrogen functional groups attached to an aromatic ring is 1. The standard InChI is InChI=1S/C21H25N7O3S/c1-3-30-17-9-5-15(6-10-17)13-23-25-20-26-27-21(28(20)22)32-14-19(29)24-16-7-11-18(12-8-16)31-4-2/h5-13H,3-4,14,22H2,1-2H3,(H,24,29)(H,25,26)/b23-13+. The first-order chi connectivity index (χ1) is 15.6. The van der Waals surface area contributed by atoms with E-state index in [1.54, 1.807) is 30.5 Å². The number of benzene rings is 2. The zero-order valence-corrected chi connectivity index (χ0v) is 18.6. The number of anilines is 2. The van der Waals surface area contributed by atoms with Gasteiger partial charge in [-0.2, -0.15) is 5.10 Å². The summed E-state index contributed by atoms with van der Waals surface area (Å²) < 4.78 is 12.0. The van der Waals surface area contributed by atoms with Crippen molar-refractivity contribution < 1.29 is 14.3 Å². The molecule has 1 amide bonds. The minimum absolute atomic E-state index is 0.123. The van der Waals surface area contributed by atoms with Crippen molar-refractivity contribution >= 4 is 35.5 Å². The Morgan fingerprint density at radius 3 is 2.31 bits per heavy atom. The maximum absolute atomic E-state index is 12.2. The molecule has 0 aliphatic carbocycles. The van der Waals surface area contributed by atoms with E-state index in [1.165, 1.54) is 4.68 Å². The van der Waals surface area contributed by atoms with Crippen molar-refractivity contribution in [3.8, 4) is 11.5 Å². The second-order valence-electron chi connectivity index (χ2n) is 6.34. The maximum atomic E-state index is 12.2. The largest absolute Gasteiger partial charge is 0.494 e. The number of nitrogens with zero attached hydrogens (tertiary/aromatic N) is 4. The highest BCUT2D eigenvalue weighted by atomic mass is 32.2. The highest BCUT2D eigenvalue weighted by Crippen LogP contribution is 2.19. The van der Waals surface area contributed by atoms with Gasteiger partial charge in [-0.15, -0.1) is 10.2 Å². The molecule has 32 heavy (non-hydrogen) atoms. The number of amides is 1. The van der Waals surface area contributed by atoms with Crippen molar-refractivity contribution in [1.82, 2.24) is 14.9 Å². The molecule has 11 heteroatoms. The number of rotatable bonds is 11. The number of hydrogen-bond donors (Lipinski definition) is 3. The summed E-state index contributed by atoms with van der Waals surface area (Å²) in [5.74, 6) is 7.73. The third-order valence-corrected chi connectivity index (χ3v) is 4.96. The molecule has 0 atom stereocenters. The lowest BCUT2D eigenvalue weighted by Gasteiger charge is -2.07.